The molecule has 2 N–H and O–H groups in total. The Hall–Kier alpha value is -2.93. The molecular weight excluding hydrogens is 330 g/mol. The van der Waals surface area contributed by atoms with Gasteiger partial charge in [-0.15, -0.1) is 10.2 Å². The molecule has 3 rings (SSSR count). The average molecular weight is 344 g/mol. The molecule has 0 radical (unpaired) electrons. The Labute approximate surface area is 143 Å². The molecule has 0 atom stereocenters. The van der Waals surface area contributed by atoms with Gasteiger partial charge in [0.25, 0.3) is 5.89 Å². The van der Waals surface area contributed by atoms with Gasteiger partial charge < -0.3 is 15.1 Å². The van der Waals surface area contributed by atoms with Crippen molar-refractivity contribution in [2.75, 3.05) is 11.9 Å². The van der Waals surface area contributed by atoms with Crippen LogP contribution in [0.15, 0.2) is 53.1 Å². The number of carbonyl (C=O) groups excluding carboxylic acids is 1. The molecule has 3 aromatic rings. The number of benzene rings is 1. The summed E-state index contributed by atoms with van der Waals surface area (Å²) in [5, 5.41) is 13.8. The van der Waals surface area contributed by atoms with E-state index in [1.54, 1.807) is 36.5 Å². The monoisotopic (exact) mass is 343 g/mol. The van der Waals surface area contributed by atoms with E-state index in [9.17, 15) is 4.79 Å². The van der Waals surface area contributed by atoms with Crippen LogP contribution in [0.3, 0.4) is 0 Å². The average Bonchev–Trinajstić information content (AvgIpc) is 3.04. The number of aromatic nitrogens is 3. The first kappa shape index (κ1) is 15.9. The van der Waals surface area contributed by atoms with Gasteiger partial charge in [0.2, 0.25) is 5.89 Å². The number of hydrogen-bond acceptors (Lipinski definition) is 5. The van der Waals surface area contributed by atoms with Crippen molar-refractivity contribution in [2.24, 2.45) is 0 Å². The van der Waals surface area contributed by atoms with Crippen molar-refractivity contribution in [2.45, 2.75) is 6.42 Å². The Morgan fingerprint density at radius 2 is 2.08 bits per heavy atom. The predicted molar refractivity (Wildman–Crippen MR) is 89.7 cm³/mol. The van der Waals surface area contributed by atoms with Gasteiger partial charge in [0, 0.05) is 29.9 Å². The zero-order valence-corrected chi connectivity index (χ0v) is 13.3. The van der Waals surface area contributed by atoms with E-state index in [0.717, 1.165) is 0 Å². The number of nitrogens with zero attached hydrogens (tertiary/aromatic N) is 3. The van der Waals surface area contributed by atoms with Crippen LogP contribution in [0.1, 0.15) is 5.89 Å². The summed E-state index contributed by atoms with van der Waals surface area (Å²) >= 11 is 5.86. The quantitative estimate of drug-likeness (QED) is 0.742. The molecule has 2 heterocycles. The number of anilines is 1. The molecule has 7 nitrogen and oxygen atoms in total. The summed E-state index contributed by atoms with van der Waals surface area (Å²) in [5.41, 5.74) is 1.23. The number of hydrogen-bond donors (Lipinski definition) is 2. The smallest absolute Gasteiger partial charge is 0.319 e. The van der Waals surface area contributed by atoms with E-state index in [-0.39, 0.29) is 6.03 Å². The van der Waals surface area contributed by atoms with E-state index in [4.69, 9.17) is 16.0 Å². The number of halogens is 1. The van der Waals surface area contributed by atoms with Gasteiger partial charge in [-0.1, -0.05) is 23.7 Å². The lowest BCUT2D eigenvalue weighted by molar-refractivity contribution is 0.252. The van der Waals surface area contributed by atoms with Crippen molar-refractivity contribution in [3.05, 3.63) is 59.6 Å². The van der Waals surface area contributed by atoms with Crippen LogP contribution >= 0.6 is 11.6 Å². The zero-order valence-electron chi connectivity index (χ0n) is 12.6. The van der Waals surface area contributed by atoms with Gasteiger partial charge in [-0.25, -0.2) is 4.79 Å². The molecular formula is C16H14ClN5O2. The SMILES string of the molecule is O=C(NCCc1nnc(-c2ccccn2)o1)Nc1cccc(Cl)c1. The highest BCUT2D eigenvalue weighted by Gasteiger charge is 2.09. The number of pyridine rings is 1. The second-order valence-corrected chi connectivity index (χ2v) is 5.29. The molecule has 2 aromatic heterocycles. The van der Waals surface area contributed by atoms with E-state index in [2.05, 4.69) is 25.8 Å². The van der Waals surface area contributed by atoms with E-state index in [1.165, 1.54) is 0 Å². The van der Waals surface area contributed by atoms with Gasteiger partial charge in [0.1, 0.15) is 5.69 Å². The topological polar surface area (TPSA) is 92.9 Å². The van der Waals surface area contributed by atoms with E-state index < -0.39 is 0 Å². The maximum Gasteiger partial charge on any atom is 0.319 e. The second-order valence-electron chi connectivity index (χ2n) is 4.86. The van der Waals surface area contributed by atoms with Gasteiger partial charge >= 0.3 is 6.03 Å². The molecule has 24 heavy (non-hydrogen) atoms. The van der Waals surface area contributed by atoms with Crippen molar-refractivity contribution in [1.82, 2.24) is 20.5 Å². The highest BCUT2D eigenvalue weighted by molar-refractivity contribution is 6.30. The maximum absolute atomic E-state index is 11.8. The normalized spacial score (nSPS) is 10.4. The summed E-state index contributed by atoms with van der Waals surface area (Å²) in [7, 11) is 0. The number of nitrogens with one attached hydrogen (secondary N) is 2. The minimum absolute atomic E-state index is 0.332. The lowest BCUT2D eigenvalue weighted by Gasteiger charge is -2.06. The van der Waals surface area contributed by atoms with Crippen LogP contribution in [0.5, 0.6) is 0 Å². The van der Waals surface area contributed by atoms with E-state index in [0.29, 0.717) is 41.2 Å². The van der Waals surface area contributed by atoms with Crippen LogP contribution in [-0.4, -0.2) is 27.8 Å². The highest BCUT2D eigenvalue weighted by Crippen LogP contribution is 2.15. The molecule has 0 fully saturated rings. The van der Waals surface area contributed by atoms with Gasteiger partial charge in [-0.05, 0) is 30.3 Å². The van der Waals surface area contributed by atoms with E-state index >= 15 is 0 Å². The lowest BCUT2D eigenvalue weighted by atomic mass is 10.3. The molecule has 1 aromatic carbocycles. The molecule has 0 spiro atoms. The predicted octanol–water partition coefficient (Wildman–Crippen LogP) is 3.15. The third kappa shape index (κ3) is 4.30. The number of rotatable bonds is 5. The third-order valence-corrected chi connectivity index (χ3v) is 3.29. The fraction of sp³-hybridized carbons (Fsp3) is 0.125. The molecule has 0 aliphatic carbocycles. The highest BCUT2D eigenvalue weighted by atomic mass is 35.5. The van der Waals surface area contributed by atoms with Crippen LogP contribution in [0, 0.1) is 0 Å². The van der Waals surface area contributed by atoms with Crippen molar-refractivity contribution in [3.8, 4) is 11.6 Å². The maximum atomic E-state index is 11.8. The van der Waals surface area contributed by atoms with Crippen molar-refractivity contribution < 1.29 is 9.21 Å². The first-order chi connectivity index (χ1) is 11.7. The number of carbonyl (C=O) groups is 1. The summed E-state index contributed by atoms with van der Waals surface area (Å²) in [6, 6.07) is 12.0. The van der Waals surface area contributed by atoms with Crippen molar-refractivity contribution in [3.63, 3.8) is 0 Å². The fourth-order valence-electron chi connectivity index (χ4n) is 1.97. The summed E-state index contributed by atoms with van der Waals surface area (Å²) in [5.74, 6) is 0.785. The van der Waals surface area contributed by atoms with Gasteiger partial charge in [0.15, 0.2) is 0 Å². The third-order valence-electron chi connectivity index (χ3n) is 3.06. The molecule has 8 heteroatoms. The first-order valence-corrected chi connectivity index (χ1v) is 7.63. The molecule has 0 saturated heterocycles. The Morgan fingerprint density at radius 3 is 2.88 bits per heavy atom. The summed E-state index contributed by atoms with van der Waals surface area (Å²) in [6.07, 6.45) is 2.07. The fourth-order valence-corrected chi connectivity index (χ4v) is 2.16. The van der Waals surface area contributed by atoms with Gasteiger partial charge in [-0.2, -0.15) is 0 Å². The molecule has 0 unspecified atom stereocenters. The largest absolute Gasteiger partial charge is 0.419 e. The number of amides is 2. The lowest BCUT2D eigenvalue weighted by Crippen LogP contribution is -2.30. The summed E-state index contributed by atoms with van der Waals surface area (Å²) in [4.78, 5) is 15.9. The first-order valence-electron chi connectivity index (χ1n) is 7.25. The van der Waals surface area contributed by atoms with Crippen molar-refractivity contribution >= 4 is 23.3 Å². The molecule has 0 saturated carbocycles. The second kappa shape index (κ2) is 7.56. The Kier molecular flexibility index (Phi) is 5.02. The minimum Gasteiger partial charge on any atom is -0.419 e. The van der Waals surface area contributed by atoms with Crippen LogP contribution in [0.2, 0.25) is 5.02 Å². The Bertz CT molecular complexity index is 822. The van der Waals surface area contributed by atoms with Crippen molar-refractivity contribution in [1.29, 1.82) is 0 Å². The van der Waals surface area contributed by atoms with Crippen LogP contribution < -0.4 is 10.6 Å². The van der Waals surface area contributed by atoms with Crippen LogP contribution in [-0.2, 0) is 6.42 Å². The van der Waals surface area contributed by atoms with Crippen LogP contribution in [0.4, 0.5) is 10.5 Å². The minimum atomic E-state index is -0.332. The summed E-state index contributed by atoms with van der Waals surface area (Å²) in [6.45, 7) is 0.357. The van der Waals surface area contributed by atoms with Gasteiger partial charge in [0.05, 0.1) is 0 Å². The Morgan fingerprint density at radius 1 is 1.17 bits per heavy atom. The molecule has 122 valence electrons. The van der Waals surface area contributed by atoms with E-state index in [1.807, 2.05) is 12.1 Å². The Balaban J connectivity index is 1.48. The molecule has 0 bridgehead atoms. The van der Waals surface area contributed by atoms with Gasteiger partial charge in [-0.3, -0.25) is 4.98 Å². The zero-order chi connectivity index (χ0) is 16.8. The molecule has 0 aliphatic heterocycles. The number of urea groups is 1. The summed E-state index contributed by atoms with van der Waals surface area (Å²) < 4.78 is 5.51. The van der Waals surface area contributed by atoms with Crippen LogP contribution in [0.25, 0.3) is 11.6 Å². The molecule has 0 aliphatic rings. The standard InChI is InChI=1S/C16H14ClN5O2/c17-11-4-3-5-12(10-11)20-16(23)19-9-7-14-21-22-15(24-14)13-6-1-2-8-18-13/h1-6,8,10H,7,9H2,(H2,19,20,23). The molecule has 2 amide bonds.